The lowest BCUT2D eigenvalue weighted by atomic mass is 10.2. The molecule has 0 aliphatic carbocycles. The van der Waals surface area contributed by atoms with Crippen molar-refractivity contribution in [3.8, 4) is 0 Å². The number of nitrogens with one attached hydrogen (secondary N) is 1. The maximum absolute atomic E-state index is 6.21. The van der Waals surface area contributed by atoms with Crippen molar-refractivity contribution in [3.05, 3.63) is 46.6 Å². The van der Waals surface area contributed by atoms with Gasteiger partial charge in [0.25, 0.3) is 0 Å². The topological polar surface area (TPSA) is 66.5 Å². The zero-order valence-electron chi connectivity index (χ0n) is 15.0. The molecule has 0 amide bonds. The number of nitrogens with zero attached hydrogens (tertiary/aromatic N) is 4. The first-order chi connectivity index (χ1) is 11.5. The van der Waals surface area contributed by atoms with E-state index in [1.807, 2.05) is 50.1 Å². The van der Waals surface area contributed by atoms with Crippen molar-refractivity contribution < 1.29 is 4.52 Å². The van der Waals surface area contributed by atoms with Crippen molar-refractivity contribution in [2.24, 2.45) is 4.99 Å². The molecule has 6 nitrogen and oxygen atoms in total. The average Bonchev–Trinajstić information content (AvgIpc) is 3.03. The Kier molecular flexibility index (Phi) is 9.20. The van der Waals surface area contributed by atoms with E-state index >= 15 is 0 Å². The number of hydrogen-bond donors (Lipinski definition) is 1. The molecule has 0 saturated heterocycles. The lowest BCUT2D eigenvalue weighted by molar-refractivity contribution is 0.370. The molecule has 1 heterocycles. The van der Waals surface area contributed by atoms with Crippen LogP contribution in [0, 0.1) is 0 Å². The number of guanidine groups is 1. The molecule has 0 aliphatic rings. The second-order valence-corrected chi connectivity index (χ2v) is 6.28. The SMILES string of the molecule is CN=C(NCCc1nc(C(C)C)no1)N(C)Cc1ccccc1Cl.I. The Labute approximate surface area is 171 Å². The van der Waals surface area contributed by atoms with Gasteiger partial charge in [-0.25, -0.2) is 0 Å². The normalized spacial score (nSPS) is 11.4. The fourth-order valence-corrected chi connectivity index (χ4v) is 2.42. The number of rotatable bonds is 6. The van der Waals surface area contributed by atoms with Gasteiger partial charge in [0, 0.05) is 44.5 Å². The lowest BCUT2D eigenvalue weighted by Gasteiger charge is -2.22. The Morgan fingerprint density at radius 1 is 1.36 bits per heavy atom. The van der Waals surface area contributed by atoms with Crippen LogP contribution in [0.5, 0.6) is 0 Å². The van der Waals surface area contributed by atoms with Crippen molar-refractivity contribution >= 4 is 41.5 Å². The molecule has 1 N–H and O–H groups in total. The van der Waals surface area contributed by atoms with Crippen LogP contribution in [0.15, 0.2) is 33.8 Å². The van der Waals surface area contributed by atoms with Crippen LogP contribution in [-0.4, -0.2) is 41.6 Å². The van der Waals surface area contributed by atoms with Crippen molar-refractivity contribution in [1.82, 2.24) is 20.4 Å². The molecule has 0 atom stereocenters. The smallest absolute Gasteiger partial charge is 0.228 e. The maximum Gasteiger partial charge on any atom is 0.228 e. The van der Waals surface area contributed by atoms with Crippen LogP contribution in [0.2, 0.25) is 5.02 Å². The molecule has 2 rings (SSSR count). The molecule has 8 heteroatoms. The average molecular weight is 478 g/mol. The van der Waals surface area contributed by atoms with E-state index in [0.717, 1.165) is 22.4 Å². The molecule has 0 bridgehead atoms. The molecule has 0 unspecified atom stereocenters. The Hall–Kier alpha value is -1.35. The molecular formula is C17H25ClIN5O. The van der Waals surface area contributed by atoms with Crippen LogP contribution < -0.4 is 5.32 Å². The maximum atomic E-state index is 6.21. The third-order valence-electron chi connectivity index (χ3n) is 3.56. The zero-order chi connectivity index (χ0) is 17.5. The minimum Gasteiger partial charge on any atom is -0.356 e. The van der Waals surface area contributed by atoms with Gasteiger partial charge in [-0.3, -0.25) is 4.99 Å². The van der Waals surface area contributed by atoms with E-state index in [1.165, 1.54) is 0 Å². The van der Waals surface area contributed by atoms with Crippen molar-refractivity contribution in [3.63, 3.8) is 0 Å². The molecule has 0 saturated carbocycles. The minimum atomic E-state index is 0. The summed E-state index contributed by atoms with van der Waals surface area (Å²) in [5.41, 5.74) is 1.06. The predicted octanol–water partition coefficient (Wildman–Crippen LogP) is 3.71. The number of aliphatic imine (C=N–C) groups is 1. The summed E-state index contributed by atoms with van der Waals surface area (Å²) in [4.78, 5) is 10.7. The Balaban J connectivity index is 0.00000312. The Morgan fingerprint density at radius 2 is 2.08 bits per heavy atom. The largest absolute Gasteiger partial charge is 0.356 e. The highest BCUT2D eigenvalue weighted by molar-refractivity contribution is 14.0. The molecule has 1 aromatic carbocycles. The first kappa shape index (κ1) is 21.7. The van der Waals surface area contributed by atoms with Gasteiger partial charge in [0.1, 0.15) is 0 Å². The second kappa shape index (κ2) is 10.6. The van der Waals surface area contributed by atoms with Crippen LogP contribution in [0.1, 0.15) is 37.0 Å². The van der Waals surface area contributed by atoms with Crippen molar-refractivity contribution in [1.29, 1.82) is 0 Å². The Bertz CT molecular complexity index is 689. The van der Waals surface area contributed by atoms with Crippen LogP contribution in [-0.2, 0) is 13.0 Å². The highest BCUT2D eigenvalue weighted by Crippen LogP contribution is 2.16. The van der Waals surface area contributed by atoms with Gasteiger partial charge in [0.15, 0.2) is 11.8 Å². The standard InChI is InChI=1S/C17H24ClN5O.HI/c1-12(2)16-21-15(24-22-16)9-10-20-17(19-3)23(4)11-13-7-5-6-8-14(13)18;/h5-8,12H,9-11H2,1-4H3,(H,19,20);1H. The summed E-state index contributed by atoms with van der Waals surface area (Å²) < 4.78 is 5.24. The quantitative estimate of drug-likeness (QED) is 0.390. The van der Waals surface area contributed by atoms with Crippen LogP contribution in [0.4, 0.5) is 0 Å². The molecule has 0 aliphatic heterocycles. The first-order valence-electron chi connectivity index (χ1n) is 7.99. The van der Waals surface area contributed by atoms with E-state index in [9.17, 15) is 0 Å². The lowest BCUT2D eigenvalue weighted by Crippen LogP contribution is -2.39. The summed E-state index contributed by atoms with van der Waals surface area (Å²) in [7, 11) is 3.73. The molecule has 0 fully saturated rings. The minimum absolute atomic E-state index is 0. The highest BCUT2D eigenvalue weighted by atomic mass is 127. The van der Waals surface area contributed by atoms with E-state index in [2.05, 4.69) is 20.4 Å². The number of aromatic nitrogens is 2. The molecule has 0 radical (unpaired) electrons. The molecule has 25 heavy (non-hydrogen) atoms. The first-order valence-corrected chi connectivity index (χ1v) is 8.36. The highest BCUT2D eigenvalue weighted by Gasteiger charge is 2.11. The predicted molar refractivity (Wildman–Crippen MR) is 112 cm³/mol. The van der Waals surface area contributed by atoms with E-state index in [1.54, 1.807) is 7.05 Å². The fraction of sp³-hybridized carbons (Fsp3) is 0.471. The van der Waals surface area contributed by atoms with Gasteiger partial charge in [-0.2, -0.15) is 4.98 Å². The summed E-state index contributed by atoms with van der Waals surface area (Å²) in [5.74, 6) is 2.43. The Morgan fingerprint density at radius 3 is 2.68 bits per heavy atom. The van der Waals surface area contributed by atoms with Gasteiger partial charge < -0.3 is 14.7 Å². The van der Waals surface area contributed by atoms with Crippen LogP contribution in [0.25, 0.3) is 0 Å². The van der Waals surface area contributed by atoms with Crippen molar-refractivity contribution in [2.45, 2.75) is 32.7 Å². The monoisotopic (exact) mass is 477 g/mol. The van der Waals surface area contributed by atoms with E-state index < -0.39 is 0 Å². The van der Waals surface area contributed by atoms with Crippen LogP contribution in [0.3, 0.4) is 0 Å². The third kappa shape index (κ3) is 6.47. The fourth-order valence-electron chi connectivity index (χ4n) is 2.23. The molecule has 2 aromatic rings. The van der Waals surface area contributed by atoms with Crippen LogP contribution >= 0.6 is 35.6 Å². The number of halogens is 2. The molecule has 0 spiro atoms. The van der Waals surface area contributed by atoms with Gasteiger partial charge in [-0.15, -0.1) is 24.0 Å². The van der Waals surface area contributed by atoms with Gasteiger partial charge in [-0.1, -0.05) is 48.8 Å². The number of hydrogen-bond acceptors (Lipinski definition) is 4. The van der Waals surface area contributed by atoms with E-state index in [0.29, 0.717) is 25.4 Å². The van der Waals surface area contributed by atoms with Gasteiger partial charge in [-0.05, 0) is 11.6 Å². The summed E-state index contributed by atoms with van der Waals surface area (Å²) in [6.45, 7) is 5.42. The van der Waals surface area contributed by atoms with Gasteiger partial charge >= 0.3 is 0 Å². The van der Waals surface area contributed by atoms with E-state index in [4.69, 9.17) is 16.1 Å². The van der Waals surface area contributed by atoms with Gasteiger partial charge in [0.05, 0.1) is 0 Å². The number of benzene rings is 1. The van der Waals surface area contributed by atoms with E-state index in [-0.39, 0.29) is 29.9 Å². The molecule has 1 aromatic heterocycles. The van der Waals surface area contributed by atoms with Crippen molar-refractivity contribution in [2.75, 3.05) is 20.6 Å². The zero-order valence-corrected chi connectivity index (χ0v) is 18.1. The molecular weight excluding hydrogens is 453 g/mol. The van der Waals surface area contributed by atoms with Gasteiger partial charge in [0.2, 0.25) is 5.89 Å². The summed E-state index contributed by atoms with van der Waals surface area (Å²) in [6.07, 6.45) is 0.651. The molecule has 138 valence electrons. The third-order valence-corrected chi connectivity index (χ3v) is 3.93. The summed E-state index contributed by atoms with van der Waals surface area (Å²) >= 11 is 6.21. The summed E-state index contributed by atoms with van der Waals surface area (Å²) in [6, 6.07) is 7.81. The second-order valence-electron chi connectivity index (χ2n) is 5.87. The summed E-state index contributed by atoms with van der Waals surface area (Å²) in [5, 5.41) is 8.02.